The molecule has 0 saturated heterocycles. The molecule has 1 aromatic rings. The van der Waals surface area contributed by atoms with Gasteiger partial charge in [0, 0.05) is 18.8 Å². The van der Waals surface area contributed by atoms with Crippen molar-refractivity contribution in [1.29, 1.82) is 0 Å². The average molecular weight is 286 g/mol. The largest absolute Gasteiger partial charge is 0.315 e. The lowest BCUT2D eigenvalue weighted by atomic mass is 10.3. The highest BCUT2D eigenvalue weighted by Gasteiger charge is 2.23. The summed E-state index contributed by atoms with van der Waals surface area (Å²) in [7, 11) is -3.41. The number of hydrogen-bond donors (Lipinski definition) is 2. The fraction of sp³-hybridized carbons (Fsp3) is 0.750. The second-order valence-electron chi connectivity index (χ2n) is 4.90. The Morgan fingerprint density at radius 2 is 2.16 bits per heavy atom. The standard InChI is InChI=1S/C12H22N4O2S/c1-2-13-7-8-16-10-12(9-14-16)19(17,18)15-11-5-3-4-6-11/h9-11,13,15H,2-8H2,1H3. The van der Waals surface area contributed by atoms with E-state index >= 15 is 0 Å². The predicted octanol–water partition coefficient (Wildman–Crippen LogP) is 0.714. The normalized spacial score (nSPS) is 17.1. The van der Waals surface area contributed by atoms with Gasteiger partial charge in [-0.15, -0.1) is 0 Å². The summed E-state index contributed by atoms with van der Waals surface area (Å²) < 4.78 is 28.7. The van der Waals surface area contributed by atoms with E-state index in [0.29, 0.717) is 6.54 Å². The summed E-state index contributed by atoms with van der Waals surface area (Å²) in [5.41, 5.74) is 0. The van der Waals surface area contributed by atoms with Gasteiger partial charge >= 0.3 is 0 Å². The summed E-state index contributed by atoms with van der Waals surface area (Å²) >= 11 is 0. The highest BCUT2D eigenvalue weighted by Crippen LogP contribution is 2.20. The molecule has 0 unspecified atom stereocenters. The quantitative estimate of drug-likeness (QED) is 0.724. The van der Waals surface area contributed by atoms with Crippen molar-refractivity contribution < 1.29 is 8.42 Å². The van der Waals surface area contributed by atoms with E-state index in [9.17, 15) is 8.42 Å². The maximum absolute atomic E-state index is 12.2. The molecule has 1 saturated carbocycles. The van der Waals surface area contributed by atoms with Crippen molar-refractivity contribution in [3.63, 3.8) is 0 Å². The molecule has 1 fully saturated rings. The first-order valence-electron chi connectivity index (χ1n) is 6.87. The Labute approximate surface area is 114 Å². The molecule has 0 aromatic carbocycles. The SMILES string of the molecule is CCNCCn1cc(S(=O)(=O)NC2CCCC2)cn1. The highest BCUT2D eigenvalue weighted by molar-refractivity contribution is 7.89. The maximum atomic E-state index is 12.2. The molecule has 19 heavy (non-hydrogen) atoms. The second-order valence-corrected chi connectivity index (χ2v) is 6.61. The molecule has 2 rings (SSSR count). The zero-order valence-electron chi connectivity index (χ0n) is 11.3. The van der Waals surface area contributed by atoms with Crippen molar-refractivity contribution in [2.45, 2.75) is 50.1 Å². The average Bonchev–Trinajstić information content (AvgIpc) is 3.00. The molecule has 1 aliphatic carbocycles. The number of likely N-dealkylation sites (N-methyl/N-ethyl adjacent to an activating group) is 1. The van der Waals surface area contributed by atoms with Crippen LogP contribution >= 0.6 is 0 Å². The fourth-order valence-corrected chi connectivity index (χ4v) is 3.56. The molecule has 7 heteroatoms. The Morgan fingerprint density at radius 1 is 1.42 bits per heavy atom. The molecular formula is C12H22N4O2S. The molecule has 0 radical (unpaired) electrons. The molecule has 0 atom stereocenters. The second kappa shape index (κ2) is 6.49. The van der Waals surface area contributed by atoms with Crippen LogP contribution in [0, 0.1) is 0 Å². The lowest BCUT2D eigenvalue weighted by Crippen LogP contribution is -2.32. The molecule has 0 amide bonds. The van der Waals surface area contributed by atoms with Gasteiger partial charge < -0.3 is 5.32 Å². The molecule has 1 heterocycles. The van der Waals surface area contributed by atoms with E-state index in [1.165, 1.54) is 6.20 Å². The topological polar surface area (TPSA) is 76.0 Å². The van der Waals surface area contributed by atoms with Crippen LogP contribution in [-0.4, -0.2) is 37.3 Å². The van der Waals surface area contributed by atoms with Crippen LogP contribution in [0.2, 0.25) is 0 Å². The number of sulfonamides is 1. The Hall–Kier alpha value is -0.920. The third-order valence-electron chi connectivity index (χ3n) is 3.36. The summed E-state index contributed by atoms with van der Waals surface area (Å²) in [6.07, 6.45) is 7.10. The third kappa shape index (κ3) is 4.02. The summed E-state index contributed by atoms with van der Waals surface area (Å²) in [5, 5.41) is 7.26. The number of aromatic nitrogens is 2. The van der Waals surface area contributed by atoms with Crippen LogP contribution in [0.25, 0.3) is 0 Å². The summed E-state index contributed by atoms with van der Waals surface area (Å²) in [5.74, 6) is 0. The van der Waals surface area contributed by atoms with Gasteiger partial charge in [0.25, 0.3) is 0 Å². The maximum Gasteiger partial charge on any atom is 0.243 e. The minimum atomic E-state index is -3.41. The van der Waals surface area contributed by atoms with Crippen molar-refractivity contribution in [2.24, 2.45) is 0 Å². The van der Waals surface area contributed by atoms with Gasteiger partial charge in [0.2, 0.25) is 10.0 Å². The highest BCUT2D eigenvalue weighted by atomic mass is 32.2. The van der Waals surface area contributed by atoms with Crippen LogP contribution in [0.15, 0.2) is 17.3 Å². The van der Waals surface area contributed by atoms with Gasteiger partial charge in [0.1, 0.15) is 4.90 Å². The molecule has 108 valence electrons. The minimum Gasteiger partial charge on any atom is -0.315 e. The van der Waals surface area contributed by atoms with E-state index in [4.69, 9.17) is 0 Å². The number of rotatable bonds is 7. The number of nitrogens with zero attached hydrogens (tertiary/aromatic N) is 2. The first-order chi connectivity index (χ1) is 9.12. The first-order valence-corrected chi connectivity index (χ1v) is 8.35. The van der Waals surface area contributed by atoms with E-state index in [0.717, 1.165) is 38.8 Å². The molecule has 2 N–H and O–H groups in total. The number of nitrogens with one attached hydrogen (secondary N) is 2. The van der Waals surface area contributed by atoms with E-state index in [1.54, 1.807) is 10.9 Å². The van der Waals surface area contributed by atoms with E-state index in [2.05, 4.69) is 15.1 Å². The van der Waals surface area contributed by atoms with Crippen molar-refractivity contribution in [3.8, 4) is 0 Å². The van der Waals surface area contributed by atoms with Gasteiger partial charge in [-0.25, -0.2) is 13.1 Å². The van der Waals surface area contributed by atoms with Gasteiger partial charge in [-0.05, 0) is 19.4 Å². The van der Waals surface area contributed by atoms with Crippen molar-refractivity contribution in [3.05, 3.63) is 12.4 Å². The Morgan fingerprint density at radius 3 is 2.84 bits per heavy atom. The summed E-state index contributed by atoms with van der Waals surface area (Å²) in [4.78, 5) is 0.260. The Balaban J connectivity index is 1.95. The molecule has 0 bridgehead atoms. The van der Waals surface area contributed by atoms with Crippen molar-refractivity contribution in [2.75, 3.05) is 13.1 Å². The zero-order chi connectivity index (χ0) is 13.7. The molecule has 6 nitrogen and oxygen atoms in total. The minimum absolute atomic E-state index is 0.0927. The van der Waals surface area contributed by atoms with Crippen molar-refractivity contribution >= 4 is 10.0 Å². The number of hydrogen-bond acceptors (Lipinski definition) is 4. The van der Waals surface area contributed by atoms with Crippen LogP contribution in [0.3, 0.4) is 0 Å². The van der Waals surface area contributed by atoms with Crippen LogP contribution < -0.4 is 10.0 Å². The van der Waals surface area contributed by atoms with Gasteiger partial charge in [-0.2, -0.15) is 5.10 Å². The predicted molar refractivity (Wildman–Crippen MR) is 73.3 cm³/mol. The lowest BCUT2D eigenvalue weighted by molar-refractivity contribution is 0.550. The van der Waals surface area contributed by atoms with E-state index in [1.807, 2.05) is 6.92 Å². The van der Waals surface area contributed by atoms with Gasteiger partial charge in [-0.1, -0.05) is 19.8 Å². The molecule has 0 spiro atoms. The van der Waals surface area contributed by atoms with Crippen LogP contribution in [0.4, 0.5) is 0 Å². The van der Waals surface area contributed by atoms with Crippen LogP contribution in [0.5, 0.6) is 0 Å². The van der Waals surface area contributed by atoms with E-state index in [-0.39, 0.29) is 10.9 Å². The summed E-state index contributed by atoms with van der Waals surface area (Å²) in [6, 6.07) is 0.0927. The van der Waals surface area contributed by atoms with Crippen LogP contribution in [-0.2, 0) is 16.6 Å². The third-order valence-corrected chi connectivity index (χ3v) is 4.84. The molecule has 1 aromatic heterocycles. The smallest absolute Gasteiger partial charge is 0.243 e. The first kappa shape index (κ1) is 14.5. The zero-order valence-corrected chi connectivity index (χ0v) is 12.1. The van der Waals surface area contributed by atoms with Gasteiger partial charge in [-0.3, -0.25) is 4.68 Å². The van der Waals surface area contributed by atoms with Gasteiger partial charge in [0.15, 0.2) is 0 Å². The Bertz CT molecular complexity index is 492. The lowest BCUT2D eigenvalue weighted by Gasteiger charge is -2.10. The molecule has 1 aliphatic rings. The molecule has 0 aliphatic heterocycles. The Kier molecular flexibility index (Phi) is 4.95. The summed E-state index contributed by atoms with van der Waals surface area (Å²) in [6.45, 7) is 4.39. The van der Waals surface area contributed by atoms with Crippen LogP contribution in [0.1, 0.15) is 32.6 Å². The molecular weight excluding hydrogens is 264 g/mol. The monoisotopic (exact) mass is 286 g/mol. The van der Waals surface area contributed by atoms with Crippen molar-refractivity contribution in [1.82, 2.24) is 19.8 Å². The van der Waals surface area contributed by atoms with Gasteiger partial charge in [0.05, 0.1) is 12.7 Å². The fourth-order valence-electron chi connectivity index (χ4n) is 2.31. The van der Waals surface area contributed by atoms with E-state index < -0.39 is 10.0 Å².